The number of benzene rings is 2. The second-order valence-electron chi connectivity index (χ2n) is 5.96. The van der Waals surface area contributed by atoms with E-state index in [0.717, 1.165) is 34.2 Å². The molecular weight excluding hydrogens is 384 g/mol. The van der Waals surface area contributed by atoms with Crippen molar-refractivity contribution in [2.75, 3.05) is 17.7 Å². The summed E-state index contributed by atoms with van der Waals surface area (Å²) < 4.78 is 6.98. The number of hydrogen-bond acceptors (Lipinski definition) is 4. The number of methoxy groups -OCH3 is 1. The molecule has 1 aliphatic rings. The largest absolute Gasteiger partial charge is 0.497 e. The Hall–Kier alpha value is -2.64. The number of rotatable bonds is 4. The van der Waals surface area contributed by atoms with E-state index in [4.69, 9.17) is 16.3 Å². The summed E-state index contributed by atoms with van der Waals surface area (Å²) in [5.74, 6) is 3.12. The monoisotopic (exact) mass is 400 g/mol. The average Bonchev–Trinajstić information content (AvgIpc) is 3.26. The highest BCUT2D eigenvalue weighted by molar-refractivity contribution is 7.98. The Morgan fingerprint density at radius 1 is 1.11 bits per heavy atom. The van der Waals surface area contributed by atoms with Gasteiger partial charge < -0.3 is 10.1 Å². The molecule has 8 heteroatoms. The number of nitrogens with zero attached hydrogens (tertiary/aromatic N) is 2. The first kappa shape index (κ1) is 17.8. The smallest absolute Gasteiger partial charge is 0.324 e. The van der Waals surface area contributed by atoms with Crippen molar-refractivity contribution < 1.29 is 9.53 Å². The van der Waals surface area contributed by atoms with E-state index in [9.17, 15) is 4.79 Å². The molecule has 0 radical (unpaired) electrons. The zero-order valence-electron chi connectivity index (χ0n) is 14.5. The zero-order valence-corrected chi connectivity index (χ0v) is 16.1. The number of hydrogen-bond donors (Lipinski definition) is 2. The normalized spacial score (nSPS) is 12.5. The molecule has 27 heavy (non-hydrogen) atoms. The number of amides is 2. The summed E-state index contributed by atoms with van der Waals surface area (Å²) >= 11 is 7.67. The topological polar surface area (TPSA) is 68.2 Å². The number of carbonyl (C=O) groups is 1. The van der Waals surface area contributed by atoms with Gasteiger partial charge in [0.25, 0.3) is 0 Å². The molecule has 0 saturated heterocycles. The Balaban J connectivity index is 1.61. The Kier molecular flexibility index (Phi) is 4.96. The van der Waals surface area contributed by atoms with Gasteiger partial charge in [-0.2, -0.15) is 16.9 Å². The number of carbonyl (C=O) groups excluding carboxylic acids is 1. The number of fused-ring (bicyclic) bond motifs is 1. The summed E-state index contributed by atoms with van der Waals surface area (Å²) in [6.45, 7) is 0. The van der Waals surface area contributed by atoms with E-state index in [2.05, 4.69) is 15.7 Å². The summed E-state index contributed by atoms with van der Waals surface area (Å²) in [6.07, 6.45) is 0. The van der Waals surface area contributed by atoms with Crippen LogP contribution in [0.2, 0.25) is 5.02 Å². The summed E-state index contributed by atoms with van der Waals surface area (Å²) in [7, 11) is 1.63. The van der Waals surface area contributed by atoms with Crippen molar-refractivity contribution in [3.63, 3.8) is 0 Å². The molecule has 6 nitrogen and oxygen atoms in total. The van der Waals surface area contributed by atoms with Crippen LogP contribution in [0.3, 0.4) is 0 Å². The lowest BCUT2D eigenvalue weighted by Crippen LogP contribution is -2.22. The maximum absolute atomic E-state index is 12.5. The first-order valence-electron chi connectivity index (χ1n) is 8.30. The number of ether oxygens (including phenoxy) is 1. The molecule has 0 saturated carbocycles. The molecule has 0 bridgehead atoms. The van der Waals surface area contributed by atoms with Crippen LogP contribution in [0.25, 0.3) is 5.69 Å². The third-order valence-electron chi connectivity index (χ3n) is 4.20. The molecule has 2 amide bonds. The van der Waals surface area contributed by atoms with Crippen LogP contribution >= 0.6 is 23.4 Å². The van der Waals surface area contributed by atoms with E-state index in [0.29, 0.717) is 16.5 Å². The van der Waals surface area contributed by atoms with Gasteiger partial charge >= 0.3 is 6.03 Å². The summed E-state index contributed by atoms with van der Waals surface area (Å²) in [5, 5.41) is 11.1. The minimum absolute atomic E-state index is 0.327. The van der Waals surface area contributed by atoms with Crippen molar-refractivity contribution in [3.8, 4) is 11.4 Å². The van der Waals surface area contributed by atoms with Gasteiger partial charge in [-0.3, -0.25) is 5.32 Å². The van der Waals surface area contributed by atoms with E-state index in [1.807, 2.05) is 24.3 Å². The van der Waals surface area contributed by atoms with Gasteiger partial charge in [-0.15, -0.1) is 0 Å². The first-order valence-corrected chi connectivity index (χ1v) is 9.84. The molecule has 1 aromatic heterocycles. The van der Waals surface area contributed by atoms with Crippen molar-refractivity contribution in [1.29, 1.82) is 0 Å². The predicted molar refractivity (Wildman–Crippen MR) is 109 cm³/mol. The quantitative estimate of drug-likeness (QED) is 0.651. The SMILES string of the molecule is COc1ccc(-n2nc3c(c2NC(=O)Nc2ccc(Cl)cc2)CSC3)cc1. The third kappa shape index (κ3) is 3.74. The molecule has 0 aliphatic carbocycles. The van der Waals surface area contributed by atoms with Crippen molar-refractivity contribution in [1.82, 2.24) is 9.78 Å². The maximum atomic E-state index is 12.5. The van der Waals surface area contributed by atoms with Gasteiger partial charge in [-0.1, -0.05) is 11.6 Å². The zero-order chi connectivity index (χ0) is 18.8. The second kappa shape index (κ2) is 7.54. The van der Waals surface area contributed by atoms with Gasteiger partial charge in [0.1, 0.15) is 11.6 Å². The maximum Gasteiger partial charge on any atom is 0.324 e. The number of aromatic nitrogens is 2. The van der Waals surface area contributed by atoms with Crippen LogP contribution in [-0.4, -0.2) is 22.9 Å². The highest BCUT2D eigenvalue weighted by atomic mass is 35.5. The number of urea groups is 1. The summed E-state index contributed by atoms with van der Waals surface area (Å²) in [5.41, 5.74) is 3.58. The lowest BCUT2D eigenvalue weighted by molar-refractivity contribution is 0.262. The first-order chi connectivity index (χ1) is 13.1. The minimum atomic E-state index is -0.327. The van der Waals surface area contributed by atoms with Gasteiger partial charge in [-0.05, 0) is 48.5 Å². The molecule has 2 heterocycles. The van der Waals surface area contributed by atoms with Crippen molar-refractivity contribution in [3.05, 3.63) is 64.8 Å². The molecule has 1 aliphatic heterocycles. The lowest BCUT2D eigenvalue weighted by atomic mass is 10.2. The Morgan fingerprint density at radius 2 is 1.85 bits per heavy atom. The van der Waals surface area contributed by atoms with Gasteiger partial charge in [0.15, 0.2) is 0 Å². The summed E-state index contributed by atoms with van der Waals surface area (Å²) in [6, 6.07) is 14.2. The predicted octanol–water partition coefficient (Wildman–Crippen LogP) is 4.93. The molecule has 0 spiro atoms. The van der Waals surface area contributed by atoms with Crippen LogP contribution in [0.5, 0.6) is 5.75 Å². The van der Waals surface area contributed by atoms with E-state index in [1.165, 1.54) is 0 Å². The molecule has 0 atom stereocenters. The number of anilines is 2. The Morgan fingerprint density at radius 3 is 2.56 bits per heavy atom. The molecule has 3 aromatic rings. The lowest BCUT2D eigenvalue weighted by Gasteiger charge is -2.12. The number of nitrogens with one attached hydrogen (secondary N) is 2. The van der Waals surface area contributed by atoms with Crippen molar-refractivity contribution in [2.24, 2.45) is 0 Å². The van der Waals surface area contributed by atoms with E-state index in [-0.39, 0.29) is 6.03 Å². The Labute approximate surface area is 165 Å². The molecule has 4 rings (SSSR count). The van der Waals surface area contributed by atoms with Crippen molar-refractivity contribution in [2.45, 2.75) is 11.5 Å². The fourth-order valence-corrected chi connectivity index (χ4v) is 4.02. The molecular formula is C19H17ClN4O2S. The summed E-state index contributed by atoms with van der Waals surface area (Å²) in [4.78, 5) is 12.5. The molecule has 138 valence electrons. The Bertz CT molecular complexity index is 971. The van der Waals surface area contributed by atoms with Gasteiger partial charge in [0.05, 0.1) is 18.5 Å². The van der Waals surface area contributed by atoms with Gasteiger partial charge in [0, 0.05) is 27.8 Å². The van der Waals surface area contributed by atoms with E-state index >= 15 is 0 Å². The third-order valence-corrected chi connectivity index (χ3v) is 5.43. The standard InChI is InChI=1S/C19H17ClN4O2S/c1-26-15-8-6-14(7-9-15)24-18(16-10-27-11-17(16)23-24)22-19(25)21-13-4-2-12(20)3-5-13/h2-9H,10-11H2,1H3,(H2,21,22,25). The van der Waals surface area contributed by atoms with Crippen molar-refractivity contribution >= 4 is 40.9 Å². The van der Waals surface area contributed by atoms with Gasteiger partial charge in [0.2, 0.25) is 0 Å². The molecule has 0 unspecified atom stereocenters. The van der Waals surface area contributed by atoms with Crippen LogP contribution in [0.15, 0.2) is 48.5 Å². The average molecular weight is 401 g/mol. The van der Waals surface area contributed by atoms with Crippen LogP contribution in [0.4, 0.5) is 16.3 Å². The fraction of sp³-hybridized carbons (Fsp3) is 0.158. The second-order valence-corrected chi connectivity index (χ2v) is 7.38. The number of thioether (sulfide) groups is 1. The van der Waals surface area contributed by atoms with Crippen LogP contribution in [-0.2, 0) is 11.5 Å². The highest BCUT2D eigenvalue weighted by Gasteiger charge is 2.24. The number of halogens is 1. The fourth-order valence-electron chi connectivity index (χ4n) is 2.85. The molecule has 2 N–H and O–H groups in total. The molecule has 2 aromatic carbocycles. The van der Waals surface area contributed by atoms with E-state index < -0.39 is 0 Å². The van der Waals surface area contributed by atoms with E-state index in [1.54, 1.807) is 47.8 Å². The highest BCUT2D eigenvalue weighted by Crippen LogP contribution is 2.36. The van der Waals surface area contributed by atoms with Gasteiger partial charge in [-0.25, -0.2) is 9.48 Å². The van der Waals surface area contributed by atoms with Crippen LogP contribution < -0.4 is 15.4 Å². The van der Waals surface area contributed by atoms with Crippen LogP contribution in [0, 0.1) is 0 Å². The molecule has 0 fully saturated rings. The van der Waals surface area contributed by atoms with Crippen LogP contribution in [0.1, 0.15) is 11.3 Å². The minimum Gasteiger partial charge on any atom is -0.497 e.